The Morgan fingerprint density at radius 1 is 1.20 bits per heavy atom. The summed E-state index contributed by atoms with van der Waals surface area (Å²) < 4.78 is 3.06. The largest absolute Gasteiger partial charge is 0.279 e. The summed E-state index contributed by atoms with van der Waals surface area (Å²) in [4.78, 5) is 9.14. The van der Waals surface area contributed by atoms with Gasteiger partial charge in [0.1, 0.15) is 11.3 Å². The maximum atomic E-state index is 6.29. The molecule has 0 aliphatic carbocycles. The molecule has 0 aliphatic rings. The average Bonchev–Trinajstić information content (AvgIpc) is 2.81. The molecule has 3 nitrogen and oxygen atoms in total. The minimum atomic E-state index is -0.188. The molecule has 1 aromatic carbocycles. The Hall–Kier alpha value is -1.39. The first-order valence-corrected chi connectivity index (χ1v) is 7.55. The molecule has 0 N–H and O–H groups in total. The van der Waals surface area contributed by atoms with Crippen molar-refractivity contribution in [3.63, 3.8) is 0 Å². The van der Waals surface area contributed by atoms with Crippen LogP contribution in [0.4, 0.5) is 0 Å². The smallest absolute Gasteiger partial charge is 0.164 e. The van der Waals surface area contributed by atoms with E-state index in [0.717, 1.165) is 32.7 Å². The molecule has 2 heterocycles. The lowest BCUT2D eigenvalue weighted by molar-refractivity contribution is 0.877. The van der Waals surface area contributed by atoms with E-state index in [1.807, 2.05) is 48.7 Å². The average molecular weight is 351 g/mol. The van der Waals surface area contributed by atoms with Gasteiger partial charge in [-0.3, -0.25) is 4.57 Å². The zero-order valence-electron chi connectivity index (χ0n) is 11.1. The molecule has 2 aromatic heterocycles. The molecule has 0 saturated carbocycles. The lowest BCUT2D eigenvalue weighted by Gasteiger charge is -2.10. The summed E-state index contributed by atoms with van der Waals surface area (Å²) >= 11 is 9.74. The molecule has 1 atom stereocenters. The predicted octanol–water partition coefficient (Wildman–Crippen LogP) is 4.79. The molecule has 5 heteroatoms. The van der Waals surface area contributed by atoms with Crippen LogP contribution in [-0.2, 0) is 0 Å². The van der Waals surface area contributed by atoms with Crippen LogP contribution in [0.3, 0.4) is 0 Å². The maximum Gasteiger partial charge on any atom is 0.164 e. The van der Waals surface area contributed by atoms with Gasteiger partial charge in [-0.15, -0.1) is 11.6 Å². The molecule has 0 saturated heterocycles. The highest BCUT2D eigenvalue weighted by molar-refractivity contribution is 9.10. The third kappa shape index (κ3) is 2.23. The van der Waals surface area contributed by atoms with Gasteiger partial charge in [-0.05, 0) is 49.7 Å². The van der Waals surface area contributed by atoms with E-state index < -0.39 is 0 Å². The highest BCUT2D eigenvalue weighted by Crippen LogP contribution is 2.28. The van der Waals surface area contributed by atoms with Gasteiger partial charge in [0.25, 0.3) is 0 Å². The second-order valence-corrected chi connectivity index (χ2v) is 6.27. The molecule has 3 aromatic rings. The number of hydrogen-bond donors (Lipinski definition) is 0. The lowest BCUT2D eigenvalue weighted by atomic mass is 10.2. The van der Waals surface area contributed by atoms with Crippen LogP contribution in [0.25, 0.3) is 16.9 Å². The van der Waals surface area contributed by atoms with Crippen LogP contribution in [0.5, 0.6) is 0 Å². The second kappa shape index (κ2) is 5.19. The van der Waals surface area contributed by atoms with Gasteiger partial charge in [-0.2, -0.15) is 0 Å². The topological polar surface area (TPSA) is 30.7 Å². The molecule has 0 aliphatic heterocycles. The molecule has 0 bridgehead atoms. The monoisotopic (exact) mass is 349 g/mol. The molecule has 102 valence electrons. The number of benzene rings is 1. The SMILES string of the molecule is Cc1ccnc2c1nc(C(C)Cl)n2-c1ccc(Br)cc1. The molecule has 3 rings (SSSR count). The number of hydrogen-bond acceptors (Lipinski definition) is 2. The Bertz CT molecular complexity index is 763. The van der Waals surface area contributed by atoms with Gasteiger partial charge in [0.05, 0.1) is 5.38 Å². The molecule has 0 amide bonds. The van der Waals surface area contributed by atoms with Crippen LogP contribution < -0.4 is 0 Å². The summed E-state index contributed by atoms with van der Waals surface area (Å²) in [5.41, 5.74) is 3.86. The highest BCUT2D eigenvalue weighted by atomic mass is 79.9. The highest BCUT2D eigenvalue weighted by Gasteiger charge is 2.18. The van der Waals surface area contributed by atoms with E-state index in [4.69, 9.17) is 11.6 Å². The fourth-order valence-corrected chi connectivity index (χ4v) is 2.63. The summed E-state index contributed by atoms with van der Waals surface area (Å²) in [6, 6.07) is 10.0. The number of fused-ring (bicyclic) bond motifs is 1. The van der Waals surface area contributed by atoms with Gasteiger partial charge in [0, 0.05) is 16.4 Å². The number of aryl methyl sites for hydroxylation is 1. The van der Waals surface area contributed by atoms with Crippen molar-refractivity contribution < 1.29 is 0 Å². The Labute approximate surface area is 130 Å². The van der Waals surface area contributed by atoms with E-state index in [2.05, 4.69) is 25.9 Å². The van der Waals surface area contributed by atoms with Gasteiger partial charge < -0.3 is 0 Å². The van der Waals surface area contributed by atoms with E-state index in [9.17, 15) is 0 Å². The third-order valence-electron chi connectivity index (χ3n) is 3.21. The molecule has 20 heavy (non-hydrogen) atoms. The Kier molecular flexibility index (Phi) is 3.52. The standard InChI is InChI=1S/C15H13BrClN3/c1-9-7-8-18-15-13(9)19-14(10(2)17)20(15)12-5-3-11(16)4-6-12/h3-8,10H,1-2H3. The van der Waals surface area contributed by atoms with Gasteiger partial charge in [0.15, 0.2) is 5.65 Å². The van der Waals surface area contributed by atoms with Crippen molar-refractivity contribution in [3.05, 3.63) is 52.4 Å². The Morgan fingerprint density at radius 2 is 1.90 bits per heavy atom. The van der Waals surface area contributed by atoms with Crippen LogP contribution in [0.15, 0.2) is 41.0 Å². The van der Waals surface area contributed by atoms with Gasteiger partial charge in [-0.1, -0.05) is 15.9 Å². The van der Waals surface area contributed by atoms with E-state index in [1.165, 1.54) is 0 Å². The van der Waals surface area contributed by atoms with Crippen molar-refractivity contribution in [1.82, 2.24) is 14.5 Å². The first kappa shape index (κ1) is 13.6. The first-order chi connectivity index (χ1) is 9.58. The van der Waals surface area contributed by atoms with Crippen LogP contribution >= 0.6 is 27.5 Å². The minimum Gasteiger partial charge on any atom is -0.279 e. The summed E-state index contributed by atoms with van der Waals surface area (Å²) in [6.07, 6.45) is 1.80. The van der Waals surface area contributed by atoms with E-state index in [-0.39, 0.29) is 5.38 Å². The molecular formula is C15H13BrClN3. The summed E-state index contributed by atoms with van der Waals surface area (Å²) in [5, 5.41) is -0.188. The summed E-state index contributed by atoms with van der Waals surface area (Å²) in [7, 11) is 0. The maximum absolute atomic E-state index is 6.29. The summed E-state index contributed by atoms with van der Waals surface area (Å²) in [6.45, 7) is 3.96. The lowest BCUT2D eigenvalue weighted by Crippen LogP contribution is -2.02. The number of nitrogens with zero attached hydrogens (tertiary/aromatic N) is 3. The van der Waals surface area contributed by atoms with Crippen molar-refractivity contribution >= 4 is 38.7 Å². The zero-order chi connectivity index (χ0) is 14.3. The third-order valence-corrected chi connectivity index (χ3v) is 3.94. The molecule has 0 fully saturated rings. The van der Waals surface area contributed by atoms with Gasteiger partial charge in [-0.25, -0.2) is 9.97 Å². The summed E-state index contributed by atoms with van der Waals surface area (Å²) in [5.74, 6) is 0.811. The Balaban J connectivity index is 2.35. The van der Waals surface area contributed by atoms with Crippen LogP contribution in [0, 0.1) is 6.92 Å². The van der Waals surface area contributed by atoms with E-state index >= 15 is 0 Å². The van der Waals surface area contributed by atoms with Crippen molar-refractivity contribution in [3.8, 4) is 5.69 Å². The van der Waals surface area contributed by atoms with Crippen LogP contribution in [0.2, 0.25) is 0 Å². The predicted molar refractivity (Wildman–Crippen MR) is 85.6 cm³/mol. The molecule has 0 spiro atoms. The molecule has 1 unspecified atom stereocenters. The number of pyridine rings is 1. The van der Waals surface area contributed by atoms with Gasteiger partial charge in [0.2, 0.25) is 0 Å². The minimum absolute atomic E-state index is 0.188. The van der Waals surface area contributed by atoms with Crippen molar-refractivity contribution in [2.75, 3.05) is 0 Å². The number of halogens is 2. The normalized spacial score (nSPS) is 12.8. The van der Waals surface area contributed by atoms with E-state index in [1.54, 1.807) is 6.20 Å². The number of alkyl halides is 1. The number of rotatable bonds is 2. The Morgan fingerprint density at radius 3 is 2.55 bits per heavy atom. The van der Waals surface area contributed by atoms with Crippen molar-refractivity contribution in [2.24, 2.45) is 0 Å². The van der Waals surface area contributed by atoms with Crippen molar-refractivity contribution in [2.45, 2.75) is 19.2 Å². The quantitative estimate of drug-likeness (QED) is 0.622. The van der Waals surface area contributed by atoms with Crippen molar-refractivity contribution in [1.29, 1.82) is 0 Å². The fraction of sp³-hybridized carbons (Fsp3) is 0.200. The van der Waals surface area contributed by atoms with Crippen LogP contribution in [0.1, 0.15) is 23.7 Å². The van der Waals surface area contributed by atoms with Crippen LogP contribution in [-0.4, -0.2) is 14.5 Å². The second-order valence-electron chi connectivity index (χ2n) is 4.70. The van der Waals surface area contributed by atoms with E-state index in [0.29, 0.717) is 0 Å². The van der Waals surface area contributed by atoms with Gasteiger partial charge >= 0.3 is 0 Å². The first-order valence-electron chi connectivity index (χ1n) is 6.32. The fourth-order valence-electron chi connectivity index (χ4n) is 2.22. The molecule has 0 radical (unpaired) electrons. The molecular weight excluding hydrogens is 338 g/mol. The number of aromatic nitrogens is 3. The zero-order valence-corrected chi connectivity index (χ0v) is 13.5. The number of imidazole rings is 1.